The van der Waals surface area contributed by atoms with E-state index in [0.29, 0.717) is 11.3 Å². The molecule has 33 heavy (non-hydrogen) atoms. The number of methoxy groups -OCH3 is 1. The predicted octanol–water partition coefficient (Wildman–Crippen LogP) is 4.20. The highest BCUT2D eigenvalue weighted by Gasteiger charge is 2.13. The van der Waals surface area contributed by atoms with Crippen LogP contribution in [0.4, 0.5) is 4.39 Å². The number of carbonyl (C=O) groups excluding carboxylic acids is 2. The Kier molecular flexibility index (Phi) is 7.75. The molecule has 3 aromatic carbocycles. The summed E-state index contributed by atoms with van der Waals surface area (Å²) in [5.74, 6) is -0.565. The van der Waals surface area contributed by atoms with Crippen LogP contribution in [0, 0.1) is 19.7 Å². The molecule has 0 saturated heterocycles. The Bertz CT molecular complexity index is 1170. The third-order valence-electron chi connectivity index (χ3n) is 4.61. The van der Waals surface area contributed by atoms with Crippen molar-refractivity contribution in [3.05, 3.63) is 88.7 Å². The van der Waals surface area contributed by atoms with Crippen LogP contribution in [0.1, 0.15) is 27.0 Å². The molecule has 1 amide bonds. The van der Waals surface area contributed by atoms with E-state index >= 15 is 0 Å². The Morgan fingerprint density at radius 3 is 2.42 bits per heavy atom. The van der Waals surface area contributed by atoms with Crippen molar-refractivity contribution in [1.82, 2.24) is 5.43 Å². The van der Waals surface area contributed by atoms with Gasteiger partial charge in [-0.1, -0.05) is 24.3 Å². The maximum absolute atomic E-state index is 13.3. The molecule has 3 rings (SSSR count). The first-order chi connectivity index (χ1) is 15.9. The number of nitrogens with zero attached hydrogens (tertiary/aromatic N) is 1. The van der Waals surface area contributed by atoms with Gasteiger partial charge >= 0.3 is 5.97 Å². The zero-order valence-corrected chi connectivity index (χ0v) is 18.4. The van der Waals surface area contributed by atoms with Gasteiger partial charge in [0.05, 0.1) is 18.9 Å². The van der Waals surface area contributed by atoms with E-state index in [1.807, 2.05) is 32.0 Å². The topological polar surface area (TPSA) is 86.2 Å². The van der Waals surface area contributed by atoms with Gasteiger partial charge in [-0.2, -0.15) is 5.10 Å². The Morgan fingerprint density at radius 2 is 1.73 bits per heavy atom. The summed E-state index contributed by atoms with van der Waals surface area (Å²) in [6, 6.07) is 15.7. The zero-order valence-electron chi connectivity index (χ0n) is 18.4. The maximum atomic E-state index is 13.3. The lowest BCUT2D eigenvalue weighted by Crippen LogP contribution is -2.25. The predicted molar refractivity (Wildman–Crippen MR) is 122 cm³/mol. The van der Waals surface area contributed by atoms with E-state index in [-0.39, 0.29) is 23.7 Å². The number of aryl methyl sites for hydroxylation is 2. The molecular weight excluding hydrogens is 427 g/mol. The van der Waals surface area contributed by atoms with Gasteiger partial charge in [-0.05, 0) is 66.9 Å². The van der Waals surface area contributed by atoms with Crippen LogP contribution in [-0.4, -0.2) is 31.8 Å². The van der Waals surface area contributed by atoms with Crippen molar-refractivity contribution >= 4 is 18.1 Å². The number of benzene rings is 3. The van der Waals surface area contributed by atoms with Gasteiger partial charge in [0.25, 0.3) is 5.91 Å². The summed E-state index contributed by atoms with van der Waals surface area (Å²) in [7, 11) is 1.42. The minimum atomic E-state index is -0.717. The minimum Gasteiger partial charge on any atom is -0.493 e. The fraction of sp³-hybridized carbons (Fsp3) is 0.160. The number of para-hydroxylation sites is 1. The van der Waals surface area contributed by atoms with Crippen molar-refractivity contribution in [1.29, 1.82) is 0 Å². The highest BCUT2D eigenvalue weighted by atomic mass is 19.1. The van der Waals surface area contributed by atoms with Crippen molar-refractivity contribution in [2.24, 2.45) is 5.10 Å². The first-order valence-electron chi connectivity index (χ1n) is 10.0. The number of esters is 1. The summed E-state index contributed by atoms with van der Waals surface area (Å²) in [6.07, 6.45) is 1.41. The van der Waals surface area contributed by atoms with Crippen LogP contribution in [0.3, 0.4) is 0 Å². The van der Waals surface area contributed by atoms with E-state index in [2.05, 4.69) is 10.5 Å². The van der Waals surface area contributed by atoms with E-state index in [1.165, 1.54) is 37.6 Å². The molecule has 0 fully saturated rings. The average Bonchev–Trinajstić information content (AvgIpc) is 2.79. The highest BCUT2D eigenvalue weighted by Crippen LogP contribution is 2.28. The van der Waals surface area contributed by atoms with E-state index < -0.39 is 17.7 Å². The molecular formula is C25H23FN2O5. The van der Waals surface area contributed by atoms with Crippen molar-refractivity contribution in [3.8, 4) is 17.2 Å². The average molecular weight is 450 g/mol. The number of hydrogen-bond donors (Lipinski definition) is 1. The van der Waals surface area contributed by atoms with Gasteiger partial charge in [0.1, 0.15) is 11.6 Å². The number of carbonyl (C=O) groups is 2. The quantitative estimate of drug-likeness (QED) is 0.241. The summed E-state index contributed by atoms with van der Waals surface area (Å²) in [5, 5.41) is 3.91. The van der Waals surface area contributed by atoms with E-state index in [9.17, 15) is 14.0 Å². The first kappa shape index (κ1) is 23.5. The number of nitrogens with one attached hydrogen (secondary N) is 1. The van der Waals surface area contributed by atoms with Crippen LogP contribution in [0.25, 0.3) is 0 Å². The van der Waals surface area contributed by atoms with Crippen LogP contribution in [0.2, 0.25) is 0 Å². The van der Waals surface area contributed by atoms with Crippen molar-refractivity contribution < 1.29 is 28.2 Å². The lowest BCUT2D eigenvalue weighted by atomic mass is 10.1. The van der Waals surface area contributed by atoms with E-state index in [0.717, 1.165) is 17.2 Å². The molecule has 1 N–H and O–H groups in total. The molecule has 0 heterocycles. The number of hydrogen-bond acceptors (Lipinski definition) is 6. The molecule has 0 aromatic heterocycles. The normalized spacial score (nSPS) is 10.7. The molecule has 0 bridgehead atoms. The van der Waals surface area contributed by atoms with Crippen molar-refractivity contribution in [3.63, 3.8) is 0 Å². The smallest absolute Gasteiger partial charge is 0.343 e. The summed E-state index contributed by atoms with van der Waals surface area (Å²) < 4.78 is 29.5. The number of hydrazone groups is 1. The molecule has 0 aliphatic carbocycles. The maximum Gasteiger partial charge on any atom is 0.343 e. The SMILES string of the molecule is COc1cc(/C=N\NC(=O)COc2c(C)cccc2C)ccc1OC(=O)c1cccc(F)c1. The van der Waals surface area contributed by atoms with Crippen molar-refractivity contribution in [2.45, 2.75) is 13.8 Å². The van der Waals surface area contributed by atoms with Gasteiger partial charge < -0.3 is 14.2 Å². The fourth-order valence-corrected chi connectivity index (χ4v) is 3.00. The number of rotatable bonds is 8. The van der Waals surface area contributed by atoms with Gasteiger partial charge in [-0.15, -0.1) is 0 Å². The zero-order chi connectivity index (χ0) is 23.8. The summed E-state index contributed by atoms with van der Waals surface area (Å²) in [6.45, 7) is 3.64. The van der Waals surface area contributed by atoms with Gasteiger partial charge in [0, 0.05) is 0 Å². The van der Waals surface area contributed by atoms with Crippen LogP contribution in [-0.2, 0) is 4.79 Å². The lowest BCUT2D eigenvalue weighted by molar-refractivity contribution is -0.123. The third kappa shape index (κ3) is 6.39. The first-order valence-corrected chi connectivity index (χ1v) is 10.0. The molecule has 0 aliphatic rings. The minimum absolute atomic E-state index is 0.0773. The summed E-state index contributed by atoms with van der Waals surface area (Å²) in [4.78, 5) is 24.3. The Balaban J connectivity index is 1.58. The van der Waals surface area contributed by atoms with E-state index in [1.54, 1.807) is 12.1 Å². The molecule has 0 saturated carbocycles. The highest BCUT2D eigenvalue weighted by molar-refractivity contribution is 5.91. The Morgan fingerprint density at radius 1 is 1.00 bits per heavy atom. The lowest BCUT2D eigenvalue weighted by Gasteiger charge is -2.11. The second-order valence-corrected chi connectivity index (χ2v) is 7.11. The Labute approximate surface area is 190 Å². The van der Waals surface area contributed by atoms with Gasteiger partial charge in [-0.3, -0.25) is 4.79 Å². The third-order valence-corrected chi connectivity index (χ3v) is 4.61. The largest absolute Gasteiger partial charge is 0.493 e. The Hall–Kier alpha value is -4.20. The molecule has 0 aliphatic heterocycles. The fourth-order valence-electron chi connectivity index (χ4n) is 3.00. The standard InChI is InChI=1S/C25H23FN2O5/c1-16-6-4-7-17(2)24(16)32-15-23(29)28-27-14-18-10-11-21(22(12-18)31-3)33-25(30)19-8-5-9-20(26)13-19/h4-14H,15H2,1-3H3,(H,28,29)/b27-14-. The van der Waals surface area contributed by atoms with Crippen LogP contribution >= 0.6 is 0 Å². The second kappa shape index (κ2) is 10.9. The molecule has 170 valence electrons. The molecule has 7 nitrogen and oxygen atoms in total. The number of amides is 1. The van der Waals surface area contributed by atoms with Gasteiger partial charge in [-0.25, -0.2) is 14.6 Å². The van der Waals surface area contributed by atoms with E-state index in [4.69, 9.17) is 14.2 Å². The molecule has 0 atom stereocenters. The number of ether oxygens (including phenoxy) is 3. The monoisotopic (exact) mass is 450 g/mol. The molecule has 0 radical (unpaired) electrons. The number of halogens is 1. The molecule has 0 spiro atoms. The second-order valence-electron chi connectivity index (χ2n) is 7.11. The summed E-state index contributed by atoms with van der Waals surface area (Å²) in [5.41, 5.74) is 4.95. The molecule has 8 heteroatoms. The van der Waals surface area contributed by atoms with Crippen molar-refractivity contribution in [2.75, 3.05) is 13.7 Å². The van der Waals surface area contributed by atoms with Crippen LogP contribution in [0.15, 0.2) is 65.8 Å². The molecule has 3 aromatic rings. The van der Waals surface area contributed by atoms with Crippen LogP contribution < -0.4 is 19.6 Å². The van der Waals surface area contributed by atoms with Crippen LogP contribution in [0.5, 0.6) is 17.2 Å². The van der Waals surface area contributed by atoms with Gasteiger partial charge in [0.15, 0.2) is 18.1 Å². The van der Waals surface area contributed by atoms with Gasteiger partial charge in [0.2, 0.25) is 0 Å². The molecule has 0 unspecified atom stereocenters. The summed E-state index contributed by atoms with van der Waals surface area (Å²) >= 11 is 0.